The summed E-state index contributed by atoms with van der Waals surface area (Å²) >= 11 is 12.3. The van der Waals surface area contributed by atoms with Gasteiger partial charge in [0.05, 0.1) is 33.6 Å². The van der Waals surface area contributed by atoms with Crippen molar-refractivity contribution in [2.45, 2.75) is 6.04 Å². The fourth-order valence-electron chi connectivity index (χ4n) is 3.52. The number of carbonyl (C=O) groups is 2. The maximum absolute atomic E-state index is 13.0. The lowest BCUT2D eigenvalue weighted by atomic mass is 10.1. The van der Waals surface area contributed by atoms with Gasteiger partial charge >= 0.3 is 0 Å². The summed E-state index contributed by atoms with van der Waals surface area (Å²) in [7, 11) is 1.54. The van der Waals surface area contributed by atoms with Gasteiger partial charge in [-0.2, -0.15) is 5.10 Å². The summed E-state index contributed by atoms with van der Waals surface area (Å²) in [4.78, 5) is 39.7. The van der Waals surface area contributed by atoms with Crippen molar-refractivity contribution in [2.24, 2.45) is 0 Å². The molecule has 0 saturated heterocycles. The van der Waals surface area contributed by atoms with Crippen molar-refractivity contribution < 1.29 is 14.3 Å². The molecule has 0 spiro atoms. The minimum atomic E-state index is -0.990. The van der Waals surface area contributed by atoms with E-state index in [2.05, 4.69) is 30.5 Å². The number of benzene rings is 1. The van der Waals surface area contributed by atoms with E-state index in [0.717, 1.165) is 10.9 Å². The maximum Gasteiger partial charge on any atom is 0.289 e. The number of fused-ring (bicyclic) bond motifs is 2. The average Bonchev–Trinajstić information content (AvgIpc) is 3.26. The van der Waals surface area contributed by atoms with E-state index in [9.17, 15) is 9.59 Å². The zero-order valence-corrected chi connectivity index (χ0v) is 18.6. The molecule has 1 atom stereocenters. The Hall–Kier alpha value is -3.76. The molecule has 1 unspecified atom stereocenters. The molecule has 33 heavy (non-hydrogen) atoms. The van der Waals surface area contributed by atoms with Gasteiger partial charge in [-0.1, -0.05) is 35.3 Å². The predicted molar refractivity (Wildman–Crippen MR) is 122 cm³/mol. The first-order chi connectivity index (χ1) is 15.9. The first kappa shape index (κ1) is 21.1. The molecule has 1 aliphatic heterocycles. The lowest BCUT2D eigenvalue weighted by Gasteiger charge is -2.19. The van der Waals surface area contributed by atoms with Crippen molar-refractivity contribution in [2.75, 3.05) is 18.6 Å². The molecule has 12 heteroatoms. The second kappa shape index (κ2) is 8.30. The van der Waals surface area contributed by atoms with Crippen molar-refractivity contribution in [3.05, 3.63) is 58.7 Å². The zero-order valence-electron chi connectivity index (χ0n) is 17.0. The summed E-state index contributed by atoms with van der Waals surface area (Å²) < 4.78 is 5.67. The number of likely N-dealkylation sites (N-methyl/N-ethyl adjacent to an activating group) is 1. The molecule has 0 fully saturated rings. The number of carbonyl (C=O) groups excluding carboxylic acids is 2. The molecule has 0 aliphatic carbocycles. The fourth-order valence-corrected chi connectivity index (χ4v) is 3.86. The number of H-pyrrole nitrogens is 1. The normalized spacial score (nSPS) is 15.7. The van der Waals surface area contributed by atoms with Crippen molar-refractivity contribution in [3.63, 3.8) is 0 Å². The van der Waals surface area contributed by atoms with Crippen LogP contribution in [0.5, 0.6) is 5.75 Å². The molecule has 4 heterocycles. The van der Waals surface area contributed by atoms with Crippen molar-refractivity contribution in [3.8, 4) is 17.0 Å². The second-order valence-electron chi connectivity index (χ2n) is 7.24. The highest BCUT2D eigenvalue weighted by atomic mass is 35.5. The van der Waals surface area contributed by atoms with Crippen LogP contribution in [0.1, 0.15) is 10.6 Å². The van der Waals surface area contributed by atoms with Gasteiger partial charge in [-0.25, -0.2) is 15.0 Å². The third kappa shape index (κ3) is 3.83. The molecular formula is C21H15Cl2N7O3. The van der Waals surface area contributed by atoms with Gasteiger partial charge in [0.15, 0.2) is 11.6 Å². The molecule has 1 aliphatic rings. The van der Waals surface area contributed by atoms with Gasteiger partial charge in [-0.3, -0.25) is 19.6 Å². The Bertz CT molecular complexity index is 1410. The van der Waals surface area contributed by atoms with Crippen molar-refractivity contribution in [1.29, 1.82) is 0 Å². The number of anilines is 1. The number of hydrogen-bond donors (Lipinski definition) is 2. The Balaban J connectivity index is 1.42. The molecule has 0 bridgehead atoms. The van der Waals surface area contributed by atoms with Gasteiger partial charge in [0.1, 0.15) is 12.6 Å². The monoisotopic (exact) mass is 483 g/mol. The first-order valence-corrected chi connectivity index (χ1v) is 10.5. The number of aromatic amines is 1. The van der Waals surface area contributed by atoms with E-state index in [1.54, 1.807) is 19.3 Å². The van der Waals surface area contributed by atoms with Gasteiger partial charge in [0, 0.05) is 30.3 Å². The quantitative estimate of drug-likeness (QED) is 0.458. The Kier molecular flexibility index (Phi) is 5.31. The lowest BCUT2D eigenvalue weighted by molar-refractivity contribution is -0.120. The molecule has 2 amide bonds. The summed E-state index contributed by atoms with van der Waals surface area (Å²) in [6.45, 7) is -0.112. The number of nitrogens with zero attached hydrogens (tertiary/aromatic N) is 5. The first-order valence-electron chi connectivity index (χ1n) is 9.74. The summed E-state index contributed by atoms with van der Waals surface area (Å²) in [5.41, 5.74) is 1.86. The highest BCUT2D eigenvalue weighted by molar-refractivity contribution is 6.33. The van der Waals surface area contributed by atoms with Gasteiger partial charge in [0.2, 0.25) is 5.82 Å². The lowest BCUT2D eigenvalue weighted by Crippen LogP contribution is -2.49. The minimum absolute atomic E-state index is 0.112. The van der Waals surface area contributed by atoms with Crippen LogP contribution >= 0.6 is 23.2 Å². The van der Waals surface area contributed by atoms with Crippen molar-refractivity contribution >= 4 is 51.7 Å². The van der Waals surface area contributed by atoms with E-state index >= 15 is 0 Å². The number of nitrogens with one attached hydrogen (secondary N) is 2. The van der Waals surface area contributed by atoms with E-state index in [0.29, 0.717) is 27.8 Å². The number of pyridine rings is 1. The second-order valence-corrected chi connectivity index (χ2v) is 8.08. The largest absolute Gasteiger partial charge is 0.487 e. The average molecular weight is 484 g/mol. The van der Waals surface area contributed by atoms with Crippen LogP contribution in [-0.4, -0.2) is 56.7 Å². The number of rotatable bonds is 3. The maximum atomic E-state index is 13.0. The third-order valence-electron chi connectivity index (χ3n) is 5.14. The molecule has 3 aromatic heterocycles. The molecule has 1 aromatic carbocycles. The standard InChI is InChI=1S/C21H15Cl2N7O3/c1-30-19-16(5-10(22)6-25-19)33-9-15(21(30)32)27-20(31)18-24-8-13(23)17(28-18)11-3-2-4-14-12(11)7-26-29-14/h2-8,15H,9H2,1H3,(H,26,29)(H,27,31). The van der Waals surface area contributed by atoms with Crippen LogP contribution in [0.3, 0.4) is 0 Å². The summed E-state index contributed by atoms with van der Waals surface area (Å²) in [6, 6.07) is 6.07. The van der Waals surface area contributed by atoms with Crippen LogP contribution in [0.15, 0.2) is 42.9 Å². The van der Waals surface area contributed by atoms with E-state index < -0.39 is 17.9 Å². The van der Waals surface area contributed by atoms with Gasteiger partial charge in [-0.15, -0.1) is 0 Å². The molecule has 2 N–H and O–H groups in total. The number of halogens is 2. The molecule has 5 rings (SSSR count). The summed E-state index contributed by atoms with van der Waals surface area (Å²) in [5, 5.41) is 11.0. The molecule has 0 radical (unpaired) electrons. The van der Waals surface area contributed by atoms with Gasteiger partial charge < -0.3 is 10.1 Å². The van der Waals surface area contributed by atoms with E-state index in [4.69, 9.17) is 27.9 Å². The topological polar surface area (TPSA) is 126 Å². The fraction of sp³-hybridized carbons (Fsp3) is 0.143. The number of hydrogen-bond acceptors (Lipinski definition) is 7. The Labute approximate surface area is 196 Å². The van der Waals surface area contributed by atoms with Crippen LogP contribution < -0.4 is 15.0 Å². The molecular weight excluding hydrogens is 469 g/mol. The SMILES string of the molecule is CN1C(=O)C(NC(=O)c2ncc(Cl)c(-c3cccc4[nH]ncc34)n2)COc2cc(Cl)cnc21. The summed E-state index contributed by atoms with van der Waals surface area (Å²) in [5.74, 6) is -0.560. The molecule has 10 nitrogen and oxygen atoms in total. The smallest absolute Gasteiger partial charge is 0.289 e. The number of ether oxygens (including phenoxy) is 1. The highest BCUT2D eigenvalue weighted by Gasteiger charge is 2.32. The van der Waals surface area contributed by atoms with E-state index in [1.165, 1.54) is 17.3 Å². The highest BCUT2D eigenvalue weighted by Crippen LogP contribution is 2.32. The predicted octanol–water partition coefficient (Wildman–Crippen LogP) is 2.88. The molecule has 4 aromatic rings. The van der Waals surface area contributed by atoms with Gasteiger partial charge in [-0.05, 0) is 6.07 Å². The minimum Gasteiger partial charge on any atom is -0.487 e. The van der Waals surface area contributed by atoms with Crippen LogP contribution in [0.4, 0.5) is 5.82 Å². The number of aromatic nitrogens is 5. The van der Waals surface area contributed by atoms with Crippen LogP contribution in [0.25, 0.3) is 22.2 Å². The number of amides is 2. The van der Waals surface area contributed by atoms with Crippen LogP contribution in [-0.2, 0) is 4.79 Å². The Morgan fingerprint density at radius 2 is 2.09 bits per heavy atom. The van der Waals surface area contributed by atoms with Crippen molar-refractivity contribution in [1.82, 2.24) is 30.5 Å². The molecule has 0 saturated carbocycles. The molecule has 166 valence electrons. The van der Waals surface area contributed by atoms with E-state index in [-0.39, 0.29) is 17.5 Å². The Morgan fingerprint density at radius 1 is 1.24 bits per heavy atom. The van der Waals surface area contributed by atoms with Crippen LogP contribution in [0, 0.1) is 0 Å². The third-order valence-corrected chi connectivity index (χ3v) is 5.63. The zero-order chi connectivity index (χ0) is 23.1. The van der Waals surface area contributed by atoms with E-state index in [1.807, 2.05) is 18.2 Å². The van der Waals surface area contributed by atoms with Crippen LogP contribution in [0.2, 0.25) is 10.0 Å². The van der Waals surface area contributed by atoms with Gasteiger partial charge in [0.25, 0.3) is 11.8 Å². The summed E-state index contributed by atoms with van der Waals surface area (Å²) in [6.07, 6.45) is 4.41. The Morgan fingerprint density at radius 3 is 2.94 bits per heavy atom.